The molecule has 0 aromatic carbocycles. The lowest BCUT2D eigenvalue weighted by Crippen LogP contribution is -2.43. The van der Waals surface area contributed by atoms with Gasteiger partial charge in [-0.25, -0.2) is 12.7 Å². The summed E-state index contributed by atoms with van der Waals surface area (Å²) in [6.07, 6.45) is 6.19. The van der Waals surface area contributed by atoms with Crippen LogP contribution in [0.5, 0.6) is 0 Å². The number of hydrogen-bond acceptors (Lipinski definition) is 3. The van der Waals surface area contributed by atoms with E-state index in [1.54, 1.807) is 4.31 Å². The van der Waals surface area contributed by atoms with Gasteiger partial charge in [0.1, 0.15) is 0 Å². The molecule has 2 rings (SSSR count). The molecule has 0 spiro atoms. The van der Waals surface area contributed by atoms with Gasteiger partial charge in [0.25, 0.3) is 0 Å². The molecule has 5 heteroatoms. The molecule has 0 atom stereocenters. The van der Waals surface area contributed by atoms with Crippen LogP contribution in [-0.2, 0) is 10.0 Å². The van der Waals surface area contributed by atoms with Crippen molar-refractivity contribution in [2.75, 3.05) is 18.8 Å². The molecule has 2 fully saturated rings. The van der Waals surface area contributed by atoms with Crippen LogP contribution in [0.2, 0.25) is 0 Å². The maximum Gasteiger partial charge on any atom is 0.214 e. The van der Waals surface area contributed by atoms with Crippen LogP contribution in [0.3, 0.4) is 0 Å². The first-order chi connectivity index (χ1) is 7.58. The Labute approximate surface area is 98.2 Å². The number of sulfonamides is 1. The molecule has 0 aromatic rings. The van der Waals surface area contributed by atoms with Crippen molar-refractivity contribution >= 4 is 10.0 Å². The first-order valence-electron chi connectivity index (χ1n) is 6.31. The highest BCUT2D eigenvalue weighted by Gasteiger charge is 2.28. The lowest BCUT2D eigenvalue weighted by molar-refractivity contribution is 0.297. The van der Waals surface area contributed by atoms with Crippen LogP contribution >= 0.6 is 0 Å². The second kappa shape index (κ2) is 5.02. The minimum absolute atomic E-state index is 0.193. The minimum Gasteiger partial charge on any atom is -0.328 e. The fourth-order valence-electron chi connectivity index (χ4n) is 2.38. The second-order valence-corrected chi connectivity index (χ2v) is 7.23. The Morgan fingerprint density at radius 3 is 2.25 bits per heavy atom. The van der Waals surface area contributed by atoms with Crippen molar-refractivity contribution in [1.82, 2.24) is 4.31 Å². The van der Waals surface area contributed by atoms with Crippen LogP contribution in [0, 0.1) is 5.92 Å². The van der Waals surface area contributed by atoms with E-state index in [2.05, 4.69) is 0 Å². The third-order valence-corrected chi connectivity index (χ3v) is 5.80. The van der Waals surface area contributed by atoms with Crippen LogP contribution in [0.4, 0.5) is 0 Å². The van der Waals surface area contributed by atoms with Crippen LogP contribution in [0.1, 0.15) is 38.5 Å². The molecule has 2 N–H and O–H groups in total. The minimum atomic E-state index is -3.00. The highest BCUT2D eigenvalue weighted by Crippen LogP contribution is 2.30. The number of hydrogen-bond donors (Lipinski definition) is 1. The van der Waals surface area contributed by atoms with Crippen molar-refractivity contribution < 1.29 is 8.42 Å². The maximum atomic E-state index is 12.0. The number of nitrogens with two attached hydrogens (primary N) is 1. The Balaban J connectivity index is 1.81. The first kappa shape index (κ1) is 12.3. The molecule has 1 saturated carbocycles. The van der Waals surface area contributed by atoms with Gasteiger partial charge in [0, 0.05) is 19.1 Å². The lowest BCUT2D eigenvalue weighted by Gasteiger charge is -2.31. The molecule has 1 heterocycles. The van der Waals surface area contributed by atoms with Crippen molar-refractivity contribution in [3.8, 4) is 0 Å². The zero-order valence-electron chi connectivity index (χ0n) is 9.77. The van der Waals surface area contributed by atoms with E-state index in [9.17, 15) is 8.42 Å². The fourth-order valence-corrected chi connectivity index (χ4v) is 4.04. The van der Waals surface area contributed by atoms with Gasteiger partial charge in [-0.1, -0.05) is 19.3 Å². The monoisotopic (exact) mass is 246 g/mol. The van der Waals surface area contributed by atoms with E-state index >= 15 is 0 Å². The van der Waals surface area contributed by atoms with Gasteiger partial charge in [-0.3, -0.25) is 0 Å². The van der Waals surface area contributed by atoms with E-state index in [-0.39, 0.29) is 6.04 Å². The zero-order valence-corrected chi connectivity index (χ0v) is 10.6. The first-order valence-corrected chi connectivity index (χ1v) is 7.92. The highest BCUT2D eigenvalue weighted by molar-refractivity contribution is 7.89. The molecule has 4 nitrogen and oxygen atoms in total. The highest BCUT2D eigenvalue weighted by atomic mass is 32.2. The van der Waals surface area contributed by atoms with Gasteiger partial charge in [-0.15, -0.1) is 0 Å². The van der Waals surface area contributed by atoms with Crippen LogP contribution in [-0.4, -0.2) is 37.6 Å². The predicted molar refractivity (Wildman–Crippen MR) is 64.5 cm³/mol. The van der Waals surface area contributed by atoms with Gasteiger partial charge < -0.3 is 5.73 Å². The molecule has 16 heavy (non-hydrogen) atoms. The summed E-state index contributed by atoms with van der Waals surface area (Å²) in [5.74, 6) is 1.01. The zero-order chi connectivity index (χ0) is 11.6. The predicted octanol–water partition coefficient (Wildman–Crippen LogP) is 0.929. The molecule has 0 unspecified atom stereocenters. The van der Waals surface area contributed by atoms with E-state index in [1.165, 1.54) is 19.3 Å². The van der Waals surface area contributed by atoms with E-state index in [0.717, 1.165) is 19.3 Å². The average Bonchev–Trinajstić information content (AvgIpc) is 2.15. The van der Waals surface area contributed by atoms with Gasteiger partial charge in [0.2, 0.25) is 10.0 Å². The van der Waals surface area contributed by atoms with Crippen molar-refractivity contribution in [3.05, 3.63) is 0 Å². The summed E-state index contributed by atoms with van der Waals surface area (Å²) >= 11 is 0. The Morgan fingerprint density at radius 1 is 1.12 bits per heavy atom. The molecule has 1 aliphatic carbocycles. The molecular formula is C11H22N2O2S. The number of piperidine rings is 1. The summed E-state index contributed by atoms with van der Waals surface area (Å²) < 4.78 is 25.7. The second-order valence-electron chi connectivity index (χ2n) is 5.14. The lowest BCUT2D eigenvalue weighted by atomic mass is 9.84. The molecule has 0 bridgehead atoms. The van der Waals surface area contributed by atoms with Crippen molar-refractivity contribution in [2.45, 2.75) is 44.6 Å². The molecule has 0 aromatic heterocycles. The smallest absolute Gasteiger partial charge is 0.214 e. The topological polar surface area (TPSA) is 63.4 Å². The number of rotatable bonds is 4. The maximum absolute atomic E-state index is 12.0. The van der Waals surface area contributed by atoms with Crippen LogP contribution < -0.4 is 5.73 Å². The molecule has 94 valence electrons. The van der Waals surface area contributed by atoms with E-state index in [0.29, 0.717) is 24.8 Å². The molecule has 0 radical (unpaired) electrons. The molecule has 1 aliphatic heterocycles. The van der Waals surface area contributed by atoms with E-state index in [1.807, 2.05) is 0 Å². The molecule has 2 aliphatic rings. The summed E-state index contributed by atoms with van der Waals surface area (Å²) in [6, 6.07) is 0.193. The Hall–Kier alpha value is -0.130. The van der Waals surface area contributed by atoms with Gasteiger partial charge in [0.05, 0.1) is 5.75 Å². The van der Waals surface area contributed by atoms with Gasteiger partial charge in [-0.2, -0.15) is 0 Å². The normalized spacial score (nSPS) is 25.6. The standard InChI is InChI=1S/C11H22N2O2S/c12-11-4-7-13(8-5-11)16(14,15)9-6-10-2-1-3-10/h10-11H,1-9,12H2. The Morgan fingerprint density at radius 2 is 1.75 bits per heavy atom. The number of nitrogens with zero attached hydrogens (tertiary/aromatic N) is 1. The van der Waals surface area contributed by atoms with Crippen molar-refractivity contribution in [2.24, 2.45) is 11.7 Å². The summed E-state index contributed by atoms with van der Waals surface area (Å²) in [4.78, 5) is 0. The van der Waals surface area contributed by atoms with Gasteiger partial charge in [-0.05, 0) is 25.2 Å². The molecule has 0 amide bonds. The summed E-state index contributed by atoms with van der Waals surface area (Å²) in [5.41, 5.74) is 5.77. The third kappa shape index (κ3) is 2.96. The van der Waals surface area contributed by atoms with E-state index in [4.69, 9.17) is 5.73 Å². The Bertz CT molecular complexity index is 317. The quantitative estimate of drug-likeness (QED) is 0.802. The summed E-state index contributed by atoms with van der Waals surface area (Å²) in [5, 5.41) is 0. The van der Waals surface area contributed by atoms with E-state index < -0.39 is 10.0 Å². The molecular weight excluding hydrogens is 224 g/mol. The molecule has 1 saturated heterocycles. The van der Waals surface area contributed by atoms with Gasteiger partial charge >= 0.3 is 0 Å². The largest absolute Gasteiger partial charge is 0.328 e. The third-order valence-electron chi connectivity index (χ3n) is 3.90. The summed E-state index contributed by atoms with van der Waals surface area (Å²) in [6.45, 7) is 1.24. The average molecular weight is 246 g/mol. The fraction of sp³-hybridized carbons (Fsp3) is 1.00. The van der Waals surface area contributed by atoms with Crippen LogP contribution in [0.25, 0.3) is 0 Å². The summed E-state index contributed by atoms with van der Waals surface area (Å²) in [7, 11) is -3.00. The van der Waals surface area contributed by atoms with Crippen LogP contribution in [0.15, 0.2) is 0 Å². The van der Waals surface area contributed by atoms with Gasteiger partial charge in [0.15, 0.2) is 0 Å². The van der Waals surface area contributed by atoms with Crippen molar-refractivity contribution in [3.63, 3.8) is 0 Å². The SMILES string of the molecule is NC1CCN(S(=O)(=O)CCC2CCC2)CC1. The Kier molecular flexibility index (Phi) is 3.87. The van der Waals surface area contributed by atoms with Crippen molar-refractivity contribution in [1.29, 1.82) is 0 Å².